The van der Waals surface area contributed by atoms with Gasteiger partial charge in [-0.1, -0.05) is 0 Å². The first kappa shape index (κ1) is 38.1. The fraction of sp³-hybridized carbons (Fsp3) is 0.300. The largest absolute Gasteiger partial charge is 0.386 e. The van der Waals surface area contributed by atoms with Gasteiger partial charge in [-0.15, -0.1) is 0 Å². The molecule has 3 rings (SSSR count). The Labute approximate surface area is 286 Å². The standard InChI is InChI=1S/C30H41F2N15O3/c1-38-18-10-16(31)12-20(25(18)39-6-8-41-29(34)35)46-27(49)22-14-23(44-15-43-22)28(50)47-21-13-17(32)11-19(45-24(48)4-2-3-5-33)26(21)40-7-9-42-30(36)37/h10-15,38-40H,2-9,33H2,1H3,(H,45,48)(H,46,49)(H,47,50)(H4,34,35,41)(H4,36,37,42). The molecule has 0 spiro atoms. The number of nitrogens with zero attached hydrogens (tertiary/aromatic N) is 4. The maximum absolute atomic E-state index is 14.8. The molecule has 0 radical (unpaired) electrons. The molecule has 3 amide bonds. The summed E-state index contributed by atoms with van der Waals surface area (Å²) in [4.78, 5) is 54.9. The Morgan fingerprint density at radius 3 is 1.62 bits per heavy atom. The van der Waals surface area contributed by atoms with Crippen LogP contribution < -0.4 is 60.6 Å². The number of hydrogen-bond acceptors (Lipinski definition) is 11. The lowest BCUT2D eigenvalue weighted by Gasteiger charge is -2.18. The van der Waals surface area contributed by atoms with Crippen LogP contribution in [0.25, 0.3) is 0 Å². The first-order chi connectivity index (χ1) is 23.9. The minimum atomic E-state index is -0.843. The third kappa shape index (κ3) is 11.7. The van der Waals surface area contributed by atoms with E-state index in [2.05, 4.69) is 51.9 Å². The van der Waals surface area contributed by atoms with Gasteiger partial charge in [0.1, 0.15) is 29.3 Å². The van der Waals surface area contributed by atoms with Gasteiger partial charge in [-0.3, -0.25) is 24.4 Å². The molecule has 0 saturated heterocycles. The van der Waals surface area contributed by atoms with Crippen LogP contribution in [-0.2, 0) is 4.79 Å². The topological polar surface area (TPSA) is 304 Å². The number of unbranched alkanes of at least 4 members (excludes halogenated alkanes) is 1. The number of carbonyl (C=O) groups excluding carboxylic acids is 3. The fourth-order valence-corrected chi connectivity index (χ4v) is 4.44. The van der Waals surface area contributed by atoms with Gasteiger partial charge in [0.15, 0.2) is 11.9 Å². The number of anilines is 6. The van der Waals surface area contributed by atoms with Crippen molar-refractivity contribution in [2.24, 2.45) is 38.7 Å². The second kappa shape index (κ2) is 18.9. The molecule has 0 unspecified atom stereocenters. The van der Waals surface area contributed by atoms with E-state index in [1.54, 1.807) is 7.05 Å². The summed E-state index contributed by atoms with van der Waals surface area (Å²) in [6.45, 7) is 1.11. The molecule has 20 heteroatoms. The number of rotatable bonds is 18. The van der Waals surface area contributed by atoms with E-state index in [0.29, 0.717) is 30.8 Å². The first-order valence-electron chi connectivity index (χ1n) is 15.3. The average Bonchev–Trinajstić information content (AvgIpc) is 3.06. The number of carbonyl (C=O) groups is 3. The van der Waals surface area contributed by atoms with E-state index in [1.807, 2.05) is 0 Å². The van der Waals surface area contributed by atoms with E-state index < -0.39 is 29.4 Å². The zero-order valence-electron chi connectivity index (χ0n) is 27.3. The van der Waals surface area contributed by atoms with Crippen LogP contribution in [0.15, 0.2) is 46.6 Å². The molecule has 1 aromatic heterocycles. The van der Waals surface area contributed by atoms with Crippen LogP contribution in [0.5, 0.6) is 0 Å². The first-order valence-corrected chi connectivity index (χ1v) is 15.3. The Morgan fingerprint density at radius 1 is 0.700 bits per heavy atom. The van der Waals surface area contributed by atoms with Crippen LogP contribution in [0, 0.1) is 11.6 Å². The Hall–Kier alpha value is -6.31. The Kier molecular flexibility index (Phi) is 14.4. The second-order valence-electron chi connectivity index (χ2n) is 10.5. The SMILES string of the molecule is CNc1cc(F)cc(NC(=O)c2cc(C(=O)Nc3cc(F)cc(NC(=O)CCCCN)c3NCCN=C(N)N)ncn2)c1NCCN=C(N)N. The van der Waals surface area contributed by atoms with Crippen molar-refractivity contribution in [3.63, 3.8) is 0 Å². The number of nitrogens with one attached hydrogen (secondary N) is 6. The van der Waals surface area contributed by atoms with Gasteiger partial charge >= 0.3 is 0 Å². The molecule has 0 aliphatic rings. The molecular formula is C30H41F2N15O3. The quantitative estimate of drug-likeness (QED) is 0.0497. The third-order valence-electron chi connectivity index (χ3n) is 6.65. The zero-order valence-corrected chi connectivity index (χ0v) is 27.3. The molecule has 16 N–H and O–H groups in total. The highest BCUT2D eigenvalue weighted by Crippen LogP contribution is 2.34. The molecule has 268 valence electrons. The van der Waals surface area contributed by atoms with Crippen LogP contribution >= 0.6 is 0 Å². The average molecular weight is 698 g/mol. The van der Waals surface area contributed by atoms with Crippen molar-refractivity contribution in [2.75, 3.05) is 71.7 Å². The molecule has 0 saturated carbocycles. The molecule has 3 aromatic rings. The molecule has 1 heterocycles. The number of aliphatic imine (C=N–C) groups is 2. The number of guanidine groups is 2. The van der Waals surface area contributed by atoms with Gasteiger partial charge in [0, 0.05) is 32.6 Å². The van der Waals surface area contributed by atoms with Crippen LogP contribution in [0.3, 0.4) is 0 Å². The molecule has 2 aromatic carbocycles. The molecule has 18 nitrogen and oxygen atoms in total. The number of halogens is 2. The van der Waals surface area contributed by atoms with Crippen molar-refractivity contribution in [2.45, 2.75) is 19.3 Å². The summed E-state index contributed by atoms with van der Waals surface area (Å²) >= 11 is 0. The maximum Gasteiger partial charge on any atom is 0.274 e. The zero-order chi connectivity index (χ0) is 36.6. The number of amides is 3. The van der Waals surface area contributed by atoms with Crippen LogP contribution in [0.1, 0.15) is 40.2 Å². The van der Waals surface area contributed by atoms with Gasteiger partial charge in [0.25, 0.3) is 11.8 Å². The van der Waals surface area contributed by atoms with Gasteiger partial charge in [-0.2, -0.15) is 0 Å². The molecule has 0 fully saturated rings. The minimum absolute atomic E-state index is 0.0456. The lowest BCUT2D eigenvalue weighted by atomic mass is 10.1. The number of hydrogen-bond donors (Lipinski definition) is 11. The lowest BCUT2D eigenvalue weighted by Crippen LogP contribution is -2.24. The summed E-state index contributed by atoms with van der Waals surface area (Å²) in [5.41, 5.74) is 27.4. The van der Waals surface area contributed by atoms with Crippen molar-refractivity contribution < 1.29 is 23.2 Å². The smallest absolute Gasteiger partial charge is 0.274 e. The van der Waals surface area contributed by atoms with Gasteiger partial charge in [0.05, 0.1) is 47.2 Å². The second-order valence-corrected chi connectivity index (χ2v) is 10.5. The van der Waals surface area contributed by atoms with E-state index in [-0.39, 0.29) is 78.7 Å². The summed E-state index contributed by atoms with van der Waals surface area (Å²) in [7, 11) is 1.57. The Morgan fingerprint density at radius 2 is 1.16 bits per heavy atom. The predicted octanol–water partition coefficient (Wildman–Crippen LogP) is 0.739. The van der Waals surface area contributed by atoms with E-state index >= 15 is 0 Å². The van der Waals surface area contributed by atoms with Crippen molar-refractivity contribution in [3.8, 4) is 0 Å². The molecule has 0 aliphatic carbocycles. The van der Waals surface area contributed by atoms with E-state index in [0.717, 1.165) is 30.6 Å². The number of nitrogens with two attached hydrogens (primary N) is 5. The van der Waals surface area contributed by atoms with Crippen molar-refractivity contribution in [3.05, 3.63) is 59.7 Å². The van der Waals surface area contributed by atoms with Crippen LogP contribution in [0.2, 0.25) is 0 Å². The molecule has 0 bridgehead atoms. The van der Waals surface area contributed by atoms with Crippen molar-refractivity contribution >= 4 is 63.8 Å². The number of benzene rings is 2. The highest BCUT2D eigenvalue weighted by Gasteiger charge is 2.20. The monoisotopic (exact) mass is 697 g/mol. The molecule has 50 heavy (non-hydrogen) atoms. The minimum Gasteiger partial charge on any atom is -0.386 e. The highest BCUT2D eigenvalue weighted by molar-refractivity contribution is 6.10. The molecule has 0 aliphatic heterocycles. The lowest BCUT2D eigenvalue weighted by molar-refractivity contribution is -0.116. The van der Waals surface area contributed by atoms with E-state index in [4.69, 9.17) is 28.7 Å². The van der Waals surface area contributed by atoms with Crippen molar-refractivity contribution in [1.29, 1.82) is 0 Å². The van der Waals surface area contributed by atoms with Gasteiger partial charge in [-0.25, -0.2) is 18.7 Å². The summed E-state index contributed by atoms with van der Waals surface area (Å²) in [6, 6.07) is 5.53. The van der Waals surface area contributed by atoms with E-state index in [1.165, 1.54) is 6.07 Å². The molecule has 0 atom stereocenters. The summed E-state index contributed by atoms with van der Waals surface area (Å²) in [5, 5.41) is 16.7. The van der Waals surface area contributed by atoms with Gasteiger partial charge in [-0.05, 0) is 43.7 Å². The Balaban J connectivity index is 1.87. The molecular weight excluding hydrogens is 656 g/mol. The van der Waals surface area contributed by atoms with Crippen molar-refractivity contribution in [1.82, 2.24) is 9.97 Å². The third-order valence-corrected chi connectivity index (χ3v) is 6.65. The van der Waals surface area contributed by atoms with Crippen LogP contribution in [-0.4, -0.2) is 79.4 Å². The predicted molar refractivity (Wildman–Crippen MR) is 190 cm³/mol. The normalized spacial score (nSPS) is 10.4. The summed E-state index contributed by atoms with van der Waals surface area (Å²) in [6.07, 6.45) is 2.26. The summed E-state index contributed by atoms with van der Waals surface area (Å²) < 4.78 is 29.3. The summed E-state index contributed by atoms with van der Waals surface area (Å²) in [5.74, 6) is -3.71. The van der Waals surface area contributed by atoms with E-state index in [9.17, 15) is 23.2 Å². The highest BCUT2D eigenvalue weighted by atomic mass is 19.1. The maximum atomic E-state index is 14.8. The van der Waals surface area contributed by atoms with Gasteiger partial charge in [0.2, 0.25) is 5.91 Å². The number of aromatic nitrogens is 2. The Bertz CT molecular complexity index is 1730. The fourth-order valence-electron chi connectivity index (χ4n) is 4.44. The van der Waals surface area contributed by atoms with Gasteiger partial charge < -0.3 is 60.6 Å². The van der Waals surface area contributed by atoms with Crippen LogP contribution in [0.4, 0.5) is 42.9 Å².